The first kappa shape index (κ1) is 26.0. The number of nitrogens with zero attached hydrogens (tertiary/aromatic N) is 2. The number of amides is 1. The molecule has 0 bridgehead atoms. The molecule has 1 amide bonds. The minimum atomic E-state index is -0.132. The van der Waals surface area contributed by atoms with Crippen LogP contribution in [-0.2, 0) is 27.2 Å². The molecule has 1 fully saturated rings. The highest BCUT2D eigenvalue weighted by atomic mass is 16.5. The smallest absolute Gasteiger partial charge is 0.305 e. The van der Waals surface area contributed by atoms with Crippen molar-refractivity contribution in [3.05, 3.63) is 65.7 Å². The molecule has 1 aliphatic heterocycles. The third kappa shape index (κ3) is 7.98. The third-order valence-corrected chi connectivity index (χ3v) is 6.84. The van der Waals surface area contributed by atoms with Crippen LogP contribution in [0.25, 0.3) is 0 Å². The van der Waals surface area contributed by atoms with Crippen LogP contribution in [0.3, 0.4) is 0 Å². The predicted octanol–water partition coefficient (Wildman–Crippen LogP) is 5.41. The minimum absolute atomic E-state index is 0.132. The normalized spacial score (nSPS) is 14.6. The van der Waals surface area contributed by atoms with E-state index in [9.17, 15) is 9.59 Å². The van der Waals surface area contributed by atoms with Gasteiger partial charge in [-0.15, -0.1) is 0 Å². The summed E-state index contributed by atoms with van der Waals surface area (Å²) in [7, 11) is 1.44. The molecular formula is C29H40N2O3. The molecule has 0 aliphatic carbocycles. The van der Waals surface area contributed by atoms with Crippen LogP contribution in [-0.4, -0.2) is 49.6 Å². The summed E-state index contributed by atoms with van der Waals surface area (Å²) in [4.78, 5) is 28.7. The van der Waals surface area contributed by atoms with Crippen LogP contribution < -0.4 is 4.90 Å². The van der Waals surface area contributed by atoms with Crippen LogP contribution in [0.4, 0.5) is 5.69 Å². The number of unbranched alkanes of at least 4 members (excludes halogenated alkanes) is 2. The van der Waals surface area contributed by atoms with Crippen LogP contribution >= 0.6 is 0 Å². The quantitative estimate of drug-likeness (QED) is 0.311. The number of aryl methyl sites for hydroxylation is 1. The summed E-state index contributed by atoms with van der Waals surface area (Å²) in [6, 6.07) is 19.5. The molecular weight excluding hydrogens is 424 g/mol. The maximum atomic E-state index is 12.9. The van der Waals surface area contributed by atoms with Crippen molar-refractivity contribution in [3.8, 4) is 0 Å². The van der Waals surface area contributed by atoms with Crippen molar-refractivity contribution >= 4 is 17.6 Å². The zero-order valence-corrected chi connectivity index (χ0v) is 20.9. The van der Waals surface area contributed by atoms with Crippen molar-refractivity contribution in [2.45, 2.75) is 70.8 Å². The molecule has 2 aromatic carbocycles. The van der Waals surface area contributed by atoms with Crippen LogP contribution in [0.1, 0.15) is 63.0 Å². The van der Waals surface area contributed by atoms with E-state index in [-0.39, 0.29) is 17.9 Å². The second-order valence-electron chi connectivity index (χ2n) is 9.23. The molecule has 2 aromatic rings. The molecule has 184 valence electrons. The molecule has 0 atom stereocenters. The first-order chi connectivity index (χ1) is 16.6. The van der Waals surface area contributed by atoms with Crippen LogP contribution in [0, 0.1) is 0 Å². The number of esters is 1. The molecule has 0 saturated carbocycles. The van der Waals surface area contributed by atoms with Crippen molar-refractivity contribution < 1.29 is 14.3 Å². The number of hydrogen-bond acceptors (Lipinski definition) is 4. The maximum Gasteiger partial charge on any atom is 0.305 e. The number of anilines is 1. The third-order valence-electron chi connectivity index (χ3n) is 6.84. The average molecular weight is 465 g/mol. The lowest BCUT2D eigenvalue weighted by molar-refractivity contribution is -0.140. The number of rotatable bonds is 12. The Morgan fingerprint density at radius 1 is 0.912 bits per heavy atom. The molecule has 0 unspecified atom stereocenters. The molecule has 0 aromatic heterocycles. The van der Waals surface area contributed by atoms with Gasteiger partial charge >= 0.3 is 5.97 Å². The Morgan fingerprint density at radius 3 is 2.24 bits per heavy atom. The van der Waals surface area contributed by atoms with Gasteiger partial charge in [-0.3, -0.25) is 9.59 Å². The SMILES string of the molecule is CCC(=O)N(c1ccc(CCCCCC(=O)OC)cc1)C1CCN(CCc2ccccc2)CC1. The Labute approximate surface area is 205 Å². The highest BCUT2D eigenvalue weighted by Crippen LogP contribution is 2.26. The summed E-state index contributed by atoms with van der Waals surface area (Å²) < 4.78 is 4.69. The number of piperidine rings is 1. The summed E-state index contributed by atoms with van der Waals surface area (Å²) in [5.74, 6) is 0.0744. The molecule has 0 N–H and O–H groups in total. The fraction of sp³-hybridized carbons (Fsp3) is 0.517. The molecule has 1 saturated heterocycles. The van der Waals surface area contributed by atoms with E-state index in [1.807, 2.05) is 6.92 Å². The Balaban J connectivity index is 1.49. The molecule has 0 radical (unpaired) electrons. The first-order valence-electron chi connectivity index (χ1n) is 12.8. The Hall–Kier alpha value is -2.66. The molecule has 1 aliphatic rings. The number of likely N-dealkylation sites (tertiary alicyclic amines) is 1. The van der Waals surface area contributed by atoms with Gasteiger partial charge in [-0.2, -0.15) is 0 Å². The van der Waals surface area contributed by atoms with Gasteiger partial charge in [-0.1, -0.05) is 55.8 Å². The minimum Gasteiger partial charge on any atom is -0.469 e. The lowest BCUT2D eigenvalue weighted by Crippen LogP contribution is -2.47. The van der Waals surface area contributed by atoms with E-state index in [1.165, 1.54) is 18.2 Å². The van der Waals surface area contributed by atoms with Crippen molar-refractivity contribution in [2.24, 2.45) is 0 Å². The Bertz CT molecular complexity index is 874. The summed E-state index contributed by atoms with van der Waals surface area (Å²) in [5, 5.41) is 0. The van der Waals surface area contributed by atoms with Gasteiger partial charge in [0.2, 0.25) is 5.91 Å². The zero-order valence-electron chi connectivity index (χ0n) is 20.9. The zero-order chi connectivity index (χ0) is 24.2. The van der Waals surface area contributed by atoms with Crippen molar-refractivity contribution in [1.29, 1.82) is 0 Å². The topological polar surface area (TPSA) is 49.9 Å². The number of carbonyl (C=O) groups is 2. The maximum absolute atomic E-state index is 12.9. The summed E-state index contributed by atoms with van der Waals surface area (Å²) in [5.41, 5.74) is 3.68. The summed E-state index contributed by atoms with van der Waals surface area (Å²) in [6.45, 7) is 5.10. The number of ether oxygens (including phenoxy) is 1. The fourth-order valence-corrected chi connectivity index (χ4v) is 4.76. The number of methoxy groups -OCH3 is 1. The van der Waals surface area contributed by atoms with Crippen molar-refractivity contribution in [2.75, 3.05) is 31.6 Å². The summed E-state index contributed by atoms with van der Waals surface area (Å²) in [6.07, 6.45) is 8.05. The lowest BCUT2D eigenvalue weighted by Gasteiger charge is -2.38. The largest absolute Gasteiger partial charge is 0.469 e. The molecule has 3 rings (SSSR count). The van der Waals surface area contributed by atoms with Gasteiger partial charge in [-0.05, 0) is 61.8 Å². The van der Waals surface area contributed by atoms with E-state index in [0.29, 0.717) is 12.8 Å². The van der Waals surface area contributed by atoms with Crippen molar-refractivity contribution in [3.63, 3.8) is 0 Å². The molecule has 5 heteroatoms. The molecule has 0 spiro atoms. The van der Waals surface area contributed by atoms with Gasteiger partial charge < -0.3 is 14.5 Å². The number of carbonyl (C=O) groups excluding carboxylic acids is 2. The van der Waals surface area contributed by atoms with E-state index in [4.69, 9.17) is 4.74 Å². The van der Waals surface area contributed by atoms with Gasteiger partial charge in [0.15, 0.2) is 0 Å². The molecule has 1 heterocycles. The predicted molar refractivity (Wildman–Crippen MR) is 138 cm³/mol. The monoisotopic (exact) mass is 464 g/mol. The molecule has 34 heavy (non-hydrogen) atoms. The number of hydrogen-bond donors (Lipinski definition) is 0. The second-order valence-corrected chi connectivity index (χ2v) is 9.23. The molecule has 5 nitrogen and oxygen atoms in total. The van der Waals surface area contributed by atoms with E-state index >= 15 is 0 Å². The standard InChI is InChI=1S/C29H40N2O3/c1-3-28(32)31(26-16-14-25(15-17-26)12-8-5-9-13-29(33)34-2)27-19-22-30(23-20-27)21-18-24-10-6-4-7-11-24/h4,6-7,10-11,14-17,27H,3,5,8-9,12-13,18-23H2,1-2H3. The van der Waals surface area contributed by atoms with E-state index in [0.717, 1.165) is 70.3 Å². The van der Waals surface area contributed by atoms with Gasteiger partial charge in [0.25, 0.3) is 0 Å². The highest BCUT2D eigenvalue weighted by Gasteiger charge is 2.28. The highest BCUT2D eigenvalue weighted by molar-refractivity contribution is 5.93. The summed E-state index contributed by atoms with van der Waals surface area (Å²) >= 11 is 0. The van der Waals surface area contributed by atoms with Crippen LogP contribution in [0.15, 0.2) is 54.6 Å². The lowest BCUT2D eigenvalue weighted by atomic mass is 10.00. The Kier molecular flexibility index (Phi) is 10.6. The average Bonchev–Trinajstić information content (AvgIpc) is 2.89. The van der Waals surface area contributed by atoms with E-state index in [1.54, 1.807) is 0 Å². The van der Waals surface area contributed by atoms with Crippen molar-refractivity contribution in [1.82, 2.24) is 4.90 Å². The Morgan fingerprint density at radius 2 is 1.59 bits per heavy atom. The fourth-order valence-electron chi connectivity index (χ4n) is 4.76. The van der Waals surface area contributed by atoms with Gasteiger partial charge in [0, 0.05) is 44.2 Å². The second kappa shape index (κ2) is 13.9. The van der Waals surface area contributed by atoms with Gasteiger partial charge in [-0.25, -0.2) is 0 Å². The first-order valence-corrected chi connectivity index (χ1v) is 12.8. The van der Waals surface area contributed by atoms with E-state index in [2.05, 4.69) is 64.4 Å². The van der Waals surface area contributed by atoms with Crippen LogP contribution in [0.2, 0.25) is 0 Å². The van der Waals surface area contributed by atoms with Gasteiger partial charge in [0.05, 0.1) is 7.11 Å². The number of benzene rings is 2. The van der Waals surface area contributed by atoms with Crippen LogP contribution in [0.5, 0.6) is 0 Å². The van der Waals surface area contributed by atoms with Gasteiger partial charge in [0.1, 0.15) is 0 Å². The van der Waals surface area contributed by atoms with E-state index < -0.39 is 0 Å².